The van der Waals surface area contributed by atoms with E-state index in [0.717, 1.165) is 25.3 Å². The summed E-state index contributed by atoms with van der Waals surface area (Å²) >= 11 is 0. The molecule has 0 atom stereocenters. The van der Waals surface area contributed by atoms with Crippen LogP contribution in [-0.4, -0.2) is 42.7 Å². The summed E-state index contributed by atoms with van der Waals surface area (Å²) in [6.45, 7) is 2.35. The fourth-order valence-corrected chi connectivity index (χ4v) is 4.57. The van der Waals surface area contributed by atoms with E-state index in [1.807, 2.05) is 6.92 Å². The zero-order valence-electron chi connectivity index (χ0n) is 16.7. The second-order valence-electron chi connectivity index (χ2n) is 6.25. The van der Waals surface area contributed by atoms with Crippen molar-refractivity contribution in [1.82, 2.24) is 0 Å². The van der Waals surface area contributed by atoms with E-state index in [0.29, 0.717) is 6.61 Å². The lowest BCUT2D eigenvalue weighted by Crippen LogP contribution is -2.42. The predicted octanol–water partition coefficient (Wildman–Crippen LogP) is 4.88. The molecule has 0 rings (SSSR count). The molecule has 0 unspecified atom stereocenters. The van der Waals surface area contributed by atoms with Crippen LogP contribution >= 0.6 is 0 Å². The topological polar surface area (TPSA) is 54.0 Å². The maximum absolute atomic E-state index is 11.1. The third-order valence-electron chi connectivity index (χ3n) is 4.36. The van der Waals surface area contributed by atoms with Crippen LogP contribution in [0.1, 0.15) is 71.1 Å². The van der Waals surface area contributed by atoms with Crippen LogP contribution in [0.2, 0.25) is 6.04 Å². The number of rotatable bonds is 17. The Balaban J connectivity index is 3.33. The van der Waals surface area contributed by atoms with Crippen molar-refractivity contribution in [3.8, 4) is 0 Å². The van der Waals surface area contributed by atoms with E-state index in [9.17, 15) is 4.79 Å². The maximum atomic E-state index is 11.1. The molecule has 6 heteroatoms. The highest BCUT2D eigenvalue weighted by Crippen LogP contribution is 2.18. The molecule has 0 saturated carbocycles. The first-order valence-corrected chi connectivity index (χ1v) is 11.5. The summed E-state index contributed by atoms with van der Waals surface area (Å²) < 4.78 is 21.3. The zero-order valence-corrected chi connectivity index (χ0v) is 17.7. The van der Waals surface area contributed by atoms with Crippen LogP contribution in [0.25, 0.3) is 0 Å². The summed E-state index contributed by atoms with van der Waals surface area (Å²) in [4.78, 5) is 11.1. The summed E-state index contributed by atoms with van der Waals surface area (Å²) in [5.74, 6) is -0.232. The molecule has 0 fully saturated rings. The highest BCUT2D eigenvalue weighted by Gasteiger charge is 2.36. The van der Waals surface area contributed by atoms with E-state index in [4.69, 9.17) is 18.0 Å². The van der Waals surface area contributed by atoms with Gasteiger partial charge in [-0.3, -0.25) is 0 Å². The lowest BCUT2D eigenvalue weighted by molar-refractivity contribution is -0.137. The van der Waals surface area contributed by atoms with E-state index in [-0.39, 0.29) is 5.97 Å². The molecule has 0 aromatic carbocycles. The Morgan fingerprint density at radius 1 is 0.760 bits per heavy atom. The van der Waals surface area contributed by atoms with Gasteiger partial charge in [-0.2, -0.15) is 0 Å². The Kier molecular flexibility index (Phi) is 16.3. The highest BCUT2D eigenvalue weighted by atomic mass is 28.4. The summed E-state index contributed by atoms with van der Waals surface area (Å²) in [7, 11) is 2.65. The van der Waals surface area contributed by atoms with Crippen molar-refractivity contribution in [2.75, 3.05) is 27.9 Å². The molecule has 0 bridgehead atoms. The summed E-state index contributed by atoms with van der Waals surface area (Å²) in [5, 5.41) is 0. The number of hydrogen-bond donors (Lipinski definition) is 0. The van der Waals surface area contributed by atoms with Gasteiger partial charge in [0.15, 0.2) is 0 Å². The van der Waals surface area contributed by atoms with Crippen molar-refractivity contribution >= 4 is 14.8 Å². The number of allylic oxidation sites excluding steroid dienone is 1. The van der Waals surface area contributed by atoms with Gasteiger partial charge in [-0.05, 0) is 19.8 Å². The van der Waals surface area contributed by atoms with E-state index in [1.165, 1.54) is 51.0 Å². The van der Waals surface area contributed by atoms with Crippen LogP contribution in [0.15, 0.2) is 12.2 Å². The smallest absolute Gasteiger partial charge is 0.463 e. The number of esters is 1. The van der Waals surface area contributed by atoms with Gasteiger partial charge in [0.2, 0.25) is 0 Å². The minimum atomic E-state index is -2.36. The molecule has 0 aliphatic carbocycles. The molecular weight excluding hydrogens is 336 g/mol. The van der Waals surface area contributed by atoms with Crippen LogP contribution < -0.4 is 0 Å². The maximum Gasteiger partial charge on any atom is 0.500 e. The van der Waals surface area contributed by atoms with Gasteiger partial charge < -0.3 is 18.0 Å². The van der Waals surface area contributed by atoms with Gasteiger partial charge in [0.25, 0.3) is 0 Å². The van der Waals surface area contributed by atoms with Crippen molar-refractivity contribution in [3.63, 3.8) is 0 Å². The first kappa shape index (κ1) is 24.3. The van der Waals surface area contributed by atoms with Crippen molar-refractivity contribution in [2.45, 2.75) is 77.2 Å². The van der Waals surface area contributed by atoms with Gasteiger partial charge >= 0.3 is 14.8 Å². The van der Waals surface area contributed by atoms with Crippen LogP contribution in [0.4, 0.5) is 0 Å². The van der Waals surface area contributed by atoms with Crippen LogP contribution in [0.5, 0.6) is 0 Å². The molecule has 0 radical (unpaired) electrons. The highest BCUT2D eigenvalue weighted by molar-refractivity contribution is 6.60. The number of carbonyl (C=O) groups is 1. The first-order valence-electron chi connectivity index (χ1n) is 9.59. The molecule has 148 valence electrons. The third kappa shape index (κ3) is 13.2. The summed E-state index contributed by atoms with van der Waals surface area (Å²) in [5.41, 5.74) is 0. The van der Waals surface area contributed by atoms with Gasteiger partial charge in [0.1, 0.15) is 0 Å². The molecular formula is C19H38O5Si. The lowest BCUT2D eigenvalue weighted by Gasteiger charge is -2.24. The van der Waals surface area contributed by atoms with Gasteiger partial charge in [0.05, 0.1) is 6.61 Å². The van der Waals surface area contributed by atoms with Gasteiger partial charge in [-0.15, -0.1) is 0 Å². The molecule has 25 heavy (non-hydrogen) atoms. The Morgan fingerprint density at radius 2 is 1.20 bits per heavy atom. The average Bonchev–Trinajstić information content (AvgIpc) is 2.63. The molecule has 0 aliphatic rings. The number of carbonyl (C=O) groups excluding carboxylic acids is 1. The Bertz CT molecular complexity index is 334. The molecule has 0 spiro atoms. The van der Waals surface area contributed by atoms with Gasteiger partial charge in [-0.25, -0.2) is 4.79 Å². The fraction of sp³-hybridized carbons (Fsp3) is 0.842. The first-order chi connectivity index (χ1) is 12.1. The molecule has 0 heterocycles. The number of unbranched alkanes of at least 4 members (excludes halogenated alkanes) is 9. The molecule has 0 amide bonds. The normalized spacial score (nSPS) is 12.0. The van der Waals surface area contributed by atoms with E-state index < -0.39 is 8.80 Å². The molecule has 5 nitrogen and oxygen atoms in total. The summed E-state index contributed by atoms with van der Waals surface area (Å²) in [6.07, 6.45) is 15.2. The summed E-state index contributed by atoms with van der Waals surface area (Å²) in [6, 6.07) is 0.898. The van der Waals surface area contributed by atoms with Crippen molar-refractivity contribution in [1.29, 1.82) is 0 Å². The third-order valence-corrected chi connectivity index (χ3v) is 7.19. The average molecular weight is 375 g/mol. The zero-order chi connectivity index (χ0) is 18.8. The number of hydrogen-bond acceptors (Lipinski definition) is 5. The van der Waals surface area contributed by atoms with Crippen molar-refractivity contribution in [3.05, 3.63) is 12.2 Å². The largest absolute Gasteiger partial charge is 0.500 e. The van der Waals surface area contributed by atoms with Crippen LogP contribution in [0, 0.1) is 0 Å². The Hall–Kier alpha value is -0.693. The van der Waals surface area contributed by atoms with Crippen LogP contribution in [0.3, 0.4) is 0 Å². The Labute approximate surface area is 155 Å². The SMILES string of the molecule is CC=CC(=O)OCCCCCCCCCCCC[Si](OC)(OC)OC. The van der Waals surface area contributed by atoms with E-state index >= 15 is 0 Å². The Morgan fingerprint density at radius 3 is 1.64 bits per heavy atom. The molecule has 0 saturated heterocycles. The van der Waals surface area contributed by atoms with Gasteiger partial charge in [0, 0.05) is 33.4 Å². The lowest BCUT2D eigenvalue weighted by atomic mass is 10.1. The monoisotopic (exact) mass is 374 g/mol. The molecule has 0 aromatic heterocycles. The van der Waals surface area contributed by atoms with Gasteiger partial charge in [-0.1, -0.05) is 57.4 Å². The van der Waals surface area contributed by atoms with E-state index in [1.54, 1.807) is 27.4 Å². The molecule has 0 N–H and O–H groups in total. The van der Waals surface area contributed by atoms with Crippen molar-refractivity contribution in [2.24, 2.45) is 0 Å². The van der Waals surface area contributed by atoms with E-state index in [2.05, 4.69) is 0 Å². The second-order valence-corrected chi connectivity index (χ2v) is 9.34. The standard InChI is InChI=1S/C19H38O5Si/c1-5-16-19(20)24-17-14-12-10-8-6-7-9-11-13-15-18-25(21-2,22-3)23-4/h5,16H,6-15,17-18H2,1-4H3. The van der Waals surface area contributed by atoms with Crippen molar-refractivity contribution < 1.29 is 22.8 Å². The molecule has 0 aliphatic heterocycles. The quantitative estimate of drug-likeness (QED) is 0.157. The number of ether oxygens (including phenoxy) is 1. The second kappa shape index (κ2) is 16.8. The van der Waals surface area contributed by atoms with Crippen LogP contribution in [-0.2, 0) is 22.8 Å². The molecule has 0 aromatic rings. The minimum Gasteiger partial charge on any atom is -0.463 e. The fourth-order valence-electron chi connectivity index (χ4n) is 2.77. The minimum absolute atomic E-state index is 0.232. The predicted molar refractivity (Wildman–Crippen MR) is 104 cm³/mol.